The summed E-state index contributed by atoms with van der Waals surface area (Å²) in [5, 5.41) is 12.7. The monoisotopic (exact) mass is 490 g/mol. The van der Waals surface area contributed by atoms with Crippen molar-refractivity contribution in [2.45, 2.75) is 38.4 Å². The van der Waals surface area contributed by atoms with Gasteiger partial charge < -0.3 is 9.84 Å². The number of rotatable bonds is 4. The number of alkyl halides is 3. The molecule has 2 amide bonds. The number of ether oxygens (including phenoxy) is 1. The molecule has 1 aliphatic heterocycles. The summed E-state index contributed by atoms with van der Waals surface area (Å²) in [5.74, 6) is -0.508. The van der Waals surface area contributed by atoms with Gasteiger partial charge in [-0.3, -0.25) is 9.80 Å². The number of anilines is 2. The van der Waals surface area contributed by atoms with E-state index in [4.69, 9.17) is 11.6 Å². The standard InChI is InChI=1S/C25H22ClF3N2O3/c1-16-7-11-19(12-8-16)30-22(32)31(20-13-9-18(26)10-14-20)24(33,23(30,2)3)17-5-4-6-21(15-17)34-25(27,28)29/h4-15,33H,1-3H3. The van der Waals surface area contributed by atoms with Crippen molar-refractivity contribution in [2.75, 3.05) is 9.80 Å². The van der Waals surface area contributed by atoms with E-state index in [1.165, 1.54) is 17.0 Å². The van der Waals surface area contributed by atoms with Gasteiger partial charge in [-0.15, -0.1) is 13.2 Å². The van der Waals surface area contributed by atoms with Crippen molar-refractivity contribution in [1.29, 1.82) is 0 Å². The number of aryl methyl sites for hydroxylation is 1. The zero-order valence-corrected chi connectivity index (χ0v) is 19.4. The van der Waals surface area contributed by atoms with Crippen molar-refractivity contribution in [2.24, 2.45) is 0 Å². The summed E-state index contributed by atoms with van der Waals surface area (Å²) in [6.45, 7) is 5.21. The number of hydrogen-bond acceptors (Lipinski definition) is 3. The van der Waals surface area contributed by atoms with Crippen LogP contribution in [0.5, 0.6) is 5.75 Å². The third-order valence-electron chi connectivity index (χ3n) is 5.97. The SMILES string of the molecule is Cc1ccc(N2C(=O)N(c3ccc(Cl)cc3)C(O)(c3cccc(OC(F)(F)F)c3)C2(C)C)cc1. The van der Waals surface area contributed by atoms with Gasteiger partial charge in [-0.05, 0) is 69.3 Å². The van der Waals surface area contributed by atoms with Crippen LogP contribution in [-0.2, 0) is 5.72 Å². The molecule has 1 saturated heterocycles. The predicted octanol–water partition coefficient (Wildman–Crippen LogP) is 6.62. The molecule has 4 rings (SSSR count). The molecule has 3 aromatic carbocycles. The molecule has 0 aromatic heterocycles. The average Bonchev–Trinajstić information content (AvgIpc) is 2.91. The number of benzene rings is 3. The van der Waals surface area contributed by atoms with Crippen molar-refractivity contribution in [3.8, 4) is 5.75 Å². The molecule has 5 nitrogen and oxygen atoms in total. The number of carbonyl (C=O) groups excluding carboxylic acids is 1. The largest absolute Gasteiger partial charge is 0.573 e. The van der Waals surface area contributed by atoms with E-state index in [0.717, 1.165) is 22.6 Å². The highest BCUT2D eigenvalue weighted by atomic mass is 35.5. The topological polar surface area (TPSA) is 53.0 Å². The van der Waals surface area contributed by atoms with Crippen molar-refractivity contribution >= 4 is 29.0 Å². The van der Waals surface area contributed by atoms with Crippen LogP contribution in [0.2, 0.25) is 5.02 Å². The molecule has 1 aliphatic rings. The lowest BCUT2D eigenvalue weighted by Crippen LogP contribution is -2.56. The van der Waals surface area contributed by atoms with Gasteiger partial charge in [-0.25, -0.2) is 4.79 Å². The molecule has 3 aromatic rings. The summed E-state index contributed by atoms with van der Waals surface area (Å²) >= 11 is 6.02. The summed E-state index contributed by atoms with van der Waals surface area (Å²) in [6, 6.07) is 17.9. The van der Waals surface area contributed by atoms with Crippen LogP contribution in [0, 0.1) is 6.92 Å². The molecule has 1 N–H and O–H groups in total. The maximum atomic E-state index is 13.8. The maximum absolute atomic E-state index is 13.8. The van der Waals surface area contributed by atoms with E-state index in [-0.39, 0.29) is 5.56 Å². The van der Waals surface area contributed by atoms with Crippen LogP contribution in [0.3, 0.4) is 0 Å². The minimum absolute atomic E-state index is 0.0529. The lowest BCUT2D eigenvalue weighted by molar-refractivity contribution is -0.274. The number of hydrogen-bond donors (Lipinski definition) is 1. The Hall–Kier alpha value is -3.23. The first-order valence-electron chi connectivity index (χ1n) is 10.4. The molecule has 0 radical (unpaired) electrons. The Morgan fingerprint density at radius 1 is 0.912 bits per heavy atom. The fourth-order valence-corrected chi connectivity index (χ4v) is 4.44. The number of nitrogens with zero attached hydrogens (tertiary/aromatic N) is 2. The number of urea groups is 1. The zero-order valence-electron chi connectivity index (χ0n) is 18.6. The van der Waals surface area contributed by atoms with E-state index < -0.39 is 29.4 Å². The first kappa shape index (κ1) is 23.9. The Morgan fingerprint density at radius 2 is 1.47 bits per heavy atom. The quantitative estimate of drug-likeness (QED) is 0.447. The summed E-state index contributed by atoms with van der Waals surface area (Å²) in [4.78, 5) is 16.4. The third kappa shape index (κ3) is 3.97. The van der Waals surface area contributed by atoms with Gasteiger partial charge in [0.25, 0.3) is 0 Å². The number of aliphatic hydroxyl groups is 1. The van der Waals surface area contributed by atoms with Gasteiger partial charge in [0, 0.05) is 22.0 Å². The first-order valence-corrected chi connectivity index (χ1v) is 10.8. The normalized spacial score (nSPS) is 20.1. The summed E-state index contributed by atoms with van der Waals surface area (Å²) in [5.41, 5.74) is -1.52. The van der Waals surface area contributed by atoms with E-state index >= 15 is 0 Å². The van der Waals surface area contributed by atoms with Crippen molar-refractivity contribution in [3.63, 3.8) is 0 Å². The minimum atomic E-state index is -4.91. The van der Waals surface area contributed by atoms with Crippen molar-refractivity contribution in [3.05, 3.63) is 88.9 Å². The highest BCUT2D eigenvalue weighted by molar-refractivity contribution is 6.30. The van der Waals surface area contributed by atoms with E-state index in [2.05, 4.69) is 4.74 Å². The molecule has 9 heteroatoms. The lowest BCUT2D eigenvalue weighted by atomic mass is 9.83. The summed E-state index contributed by atoms with van der Waals surface area (Å²) in [7, 11) is 0. The molecular weight excluding hydrogens is 469 g/mol. The summed E-state index contributed by atoms with van der Waals surface area (Å²) < 4.78 is 42.7. The highest BCUT2D eigenvalue weighted by Crippen LogP contribution is 2.51. The molecule has 178 valence electrons. The average molecular weight is 491 g/mol. The third-order valence-corrected chi connectivity index (χ3v) is 6.22. The molecule has 0 bridgehead atoms. The van der Waals surface area contributed by atoms with Crippen LogP contribution in [0.1, 0.15) is 25.0 Å². The van der Waals surface area contributed by atoms with Gasteiger partial charge in [0.2, 0.25) is 0 Å². The van der Waals surface area contributed by atoms with Gasteiger partial charge in [-0.1, -0.05) is 41.4 Å². The fraction of sp³-hybridized carbons (Fsp3) is 0.240. The minimum Gasteiger partial charge on any atom is -0.406 e. The number of carbonyl (C=O) groups is 1. The predicted molar refractivity (Wildman–Crippen MR) is 124 cm³/mol. The van der Waals surface area contributed by atoms with Gasteiger partial charge in [-0.2, -0.15) is 0 Å². The Labute approximate surface area is 199 Å². The zero-order chi connectivity index (χ0) is 24.9. The smallest absolute Gasteiger partial charge is 0.406 e. The second-order valence-corrected chi connectivity index (χ2v) is 9.01. The second kappa shape index (κ2) is 8.21. The molecule has 34 heavy (non-hydrogen) atoms. The number of halogens is 4. The Kier molecular flexibility index (Phi) is 5.78. The highest BCUT2D eigenvalue weighted by Gasteiger charge is 2.64. The molecule has 0 aliphatic carbocycles. The number of amides is 2. The van der Waals surface area contributed by atoms with Gasteiger partial charge in [0.05, 0.1) is 5.54 Å². The van der Waals surface area contributed by atoms with Crippen molar-refractivity contribution < 1.29 is 27.8 Å². The van der Waals surface area contributed by atoms with E-state index in [0.29, 0.717) is 16.4 Å². The van der Waals surface area contributed by atoms with Gasteiger partial charge >= 0.3 is 12.4 Å². The van der Waals surface area contributed by atoms with E-state index in [1.54, 1.807) is 50.2 Å². The molecule has 1 fully saturated rings. The van der Waals surface area contributed by atoms with Crippen LogP contribution < -0.4 is 14.5 Å². The van der Waals surface area contributed by atoms with Crippen LogP contribution in [0.15, 0.2) is 72.8 Å². The molecular formula is C25H22ClF3N2O3. The second-order valence-electron chi connectivity index (χ2n) is 8.57. The van der Waals surface area contributed by atoms with Crippen LogP contribution >= 0.6 is 11.6 Å². The van der Waals surface area contributed by atoms with Crippen LogP contribution in [0.4, 0.5) is 29.3 Å². The van der Waals surface area contributed by atoms with Gasteiger partial charge in [0.15, 0.2) is 5.72 Å². The van der Waals surface area contributed by atoms with E-state index in [9.17, 15) is 23.1 Å². The molecule has 0 saturated carbocycles. The van der Waals surface area contributed by atoms with E-state index in [1.807, 2.05) is 19.1 Å². The first-order chi connectivity index (χ1) is 15.8. The van der Waals surface area contributed by atoms with Gasteiger partial charge in [0.1, 0.15) is 5.75 Å². The molecule has 0 spiro atoms. The molecule has 1 heterocycles. The maximum Gasteiger partial charge on any atom is 0.573 e. The molecule has 1 atom stereocenters. The lowest BCUT2D eigenvalue weighted by Gasteiger charge is -2.42. The Morgan fingerprint density at radius 3 is 2.06 bits per heavy atom. The van der Waals surface area contributed by atoms with Crippen LogP contribution in [0.25, 0.3) is 0 Å². The Bertz CT molecular complexity index is 1210. The Balaban J connectivity index is 1.93. The van der Waals surface area contributed by atoms with Crippen molar-refractivity contribution in [1.82, 2.24) is 0 Å². The van der Waals surface area contributed by atoms with Crippen LogP contribution in [-0.4, -0.2) is 23.0 Å². The fourth-order valence-electron chi connectivity index (χ4n) is 4.31. The summed E-state index contributed by atoms with van der Waals surface area (Å²) in [6.07, 6.45) is -4.91. The molecule has 1 unspecified atom stereocenters.